The Kier molecular flexibility index (Phi) is 4.40. The van der Waals surface area contributed by atoms with Crippen molar-refractivity contribution in [3.8, 4) is 0 Å². The molecule has 5 heteroatoms. The molecule has 0 radical (unpaired) electrons. The van der Waals surface area contributed by atoms with Crippen molar-refractivity contribution in [2.75, 3.05) is 30.0 Å². The van der Waals surface area contributed by atoms with Crippen LogP contribution in [0.4, 0.5) is 0 Å². The highest BCUT2D eigenvalue weighted by atomic mass is 79.9. The van der Waals surface area contributed by atoms with Gasteiger partial charge in [0.25, 0.3) is 0 Å². The Labute approximate surface area is 94.3 Å². The van der Waals surface area contributed by atoms with Crippen molar-refractivity contribution < 1.29 is 13.2 Å². The van der Waals surface area contributed by atoms with Crippen molar-refractivity contribution in [1.82, 2.24) is 0 Å². The molecular formula is C9H17BrO3S. The molecule has 1 aliphatic rings. The first-order valence-corrected chi connectivity index (χ1v) is 7.82. The SMILES string of the molecule is CCS(=O)(=O)CC1(CBr)CCOCC1. The van der Waals surface area contributed by atoms with Gasteiger partial charge in [-0.05, 0) is 18.3 Å². The van der Waals surface area contributed by atoms with Gasteiger partial charge in [-0.1, -0.05) is 22.9 Å². The monoisotopic (exact) mass is 284 g/mol. The van der Waals surface area contributed by atoms with Crippen LogP contribution >= 0.6 is 15.9 Å². The lowest BCUT2D eigenvalue weighted by atomic mass is 9.85. The van der Waals surface area contributed by atoms with Gasteiger partial charge in [-0.2, -0.15) is 0 Å². The van der Waals surface area contributed by atoms with Gasteiger partial charge >= 0.3 is 0 Å². The van der Waals surface area contributed by atoms with Crippen molar-refractivity contribution in [3.63, 3.8) is 0 Å². The third-order valence-corrected chi connectivity index (χ3v) is 5.92. The molecule has 0 spiro atoms. The summed E-state index contributed by atoms with van der Waals surface area (Å²) in [5, 5.41) is 0.753. The Morgan fingerprint density at radius 1 is 1.36 bits per heavy atom. The van der Waals surface area contributed by atoms with Crippen LogP contribution in [0.15, 0.2) is 0 Å². The van der Waals surface area contributed by atoms with Crippen LogP contribution in [0.25, 0.3) is 0 Å². The minimum atomic E-state index is -2.88. The third kappa shape index (κ3) is 3.21. The molecule has 0 aliphatic carbocycles. The quantitative estimate of drug-likeness (QED) is 0.737. The summed E-state index contributed by atoms with van der Waals surface area (Å²) < 4.78 is 28.4. The average molecular weight is 285 g/mol. The molecule has 1 heterocycles. The highest BCUT2D eigenvalue weighted by molar-refractivity contribution is 9.09. The highest BCUT2D eigenvalue weighted by Crippen LogP contribution is 2.34. The Morgan fingerprint density at radius 3 is 2.36 bits per heavy atom. The fourth-order valence-electron chi connectivity index (χ4n) is 1.69. The smallest absolute Gasteiger partial charge is 0.150 e. The zero-order valence-electron chi connectivity index (χ0n) is 8.46. The van der Waals surface area contributed by atoms with Gasteiger partial charge in [-0.15, -0.1) is 0 Å². The standard InChI is InChI=1S/C9H17BrO3S/c1-2-14(11,12)8-9(7-10)3-5-13-6-4-9/h2-8H2,1H3. The predicted octanol–water partition coefficient (Wildman–Crippen LogP) is 1.61. The molecule has 14 heavy (non-hydrogen) atoms. The van der Waals surface area contributed by atoms with E-state index in [9.17, 15) is 8.42 Å². The fourth-order valence-corrected chi connectivity index (χ4v) is 4.24. The van der Waals surface area contributed by atoms with Gasteiger partial charge in [0.05, 0.1) is 5.75 Å². The van der Waals surface area contributed by atoms with Crippen LogP contribution in [0.2, 0.25) is 0 Å². The van der Waals surface area contributed by atoms with Crippen molar-refractivity contribution in [2.45, 2.75) is 19.8 Å². The number of halogens is 1. The van der Waals surface area contributed by atoms with E-state index >= 15 is 0 Å². The van der Waals surface area contributed by atoms with Gasteiger partial charge < -0.3 is 4.74 Å². The van der Waals surface area contributed by atoms with Crippen molar-refractivity contribution in [1.29, 1.82) is 0 Å². The van der Waals surface area contributed by atoms with E-state index in [1.54, 1.807) is 6.92 Å². The summed E-state index contributed by atoms with van der Waals surface area (Å²) in [6.07, 6.45) is 1.69. The summed E-state index contributed by atoms with van der Waals surface area (Å²) in [5.41, 5.74) is -0.0902. The van der Waals surface area contributed by atoms with Gasteiger partial charge in [-0.25, -0.2) is 8.42 Å². The van der Waals surface area contributed by atoms with E-state index in [4.69, 9.17) is 4.74 Å². The highest BCUT2D eigenvalue weighted by Gasteiger charge is 2.35. The molecule has 0 bridgehead atoms. The van der Waals surface area contributed by atoms with Gasteiger partial charge in [0.15, 0.2) is 9.84 Å². The molecule has 3 nitrogen and oxygen atoms in total. The molecule has 84 valence electrons. The topological polar surface area (TPSA) is 43.4 Å². The number of ether oxygens (including phenoxy) is 1. The lowest BCUT2D eigenvalue weighted by Gasteiger charge is -2.35. The molecule has 0 atom stereocenters. The van der Waals surface area contributed by atoms with E-state index in [2.05, 4.69) is 15.9 Å². The van der Waals surface area contributed by atoms with Crippen LogP contribution in [-0.4, -0.2) is 38.5 Å². The maximum Gasteiger partial charge on any atom is 0.150 e. The summed E-state index contributed by atoms with van der Waals surface area (Å²) >= 11 is 3.43. The van der Waals surface area contributed by atoms with Gasteiger partial charge in [0.2, 0.25) is 0 Å². The second-order valence-electron chi connectivity index (χ2n) is 3.92. The fraction of sp³-hybridized carbons (Fsp3) is 1.00. The molecule has 0 amide bonds. The summed E-state index contributed by atoms with van der Waals surface area (Å²) in [4.78, 5) is 0. The Hall–Kier alpha value is 0.390. The normalized spacial score (nSPS) is 22.1. The van der Waals surface area contributed by atoms with Crippen LogP contribution in [0, 0.1) is 5.41 Å². The maximum absolute atomic E-state index is 11.6. The number of alkyl halides is 1. The Morgan fingerprint density at radius 2 is 1.93 bits per heavy atom. The first-order chi connectivity index (χ1) is 6.54. The molecule has 1 aliphatic heterocycles. The summed E-state index contributed by atoms with van der Waals surface area (Å²) in [7, 11) is -2.88. The Bertz CT molecular complexity index is 268. The molecule has 0 unspecified atom stereocenters. The third-order valence-electron chi connectivity index (χ3n) is 2.80. The van der Waals surface area contributed by atoms with E-state index in [1.807, 2.05) is 0 Å². The molecular weight excluding hydrogens is 268 g/mol. The minimum Gasteiger partial charge on any atom is -0.381 e. The van der Waals surface area contributed by atoms with E-state index in [0.717, 1.165) is 18.2 Å². The lowest BCUT2D eigenvalue weighted by Crippen LogP contribution is -2.38. The van der Waals surface area contributed by atoms with Crippen LogP contribution in [0.5, 0.6) is 0 Å². The molecule has 0 aromatic rings. The number of rotatable bonds is 4. The molecule has 0 N–H and O–H groups in total. The van der Waals surface area contributed by atoms with Crippen molar-refractivity contribution in [2.24, 2.45) is 5.41 Å². The number of hydrogen-bond acceptors (Lipinski definition) is 3. The predicted molar refractivity (Wildman–Crippen MR) is 60.6 cm³/mol. The van der Waals surface area contributed by atoms with Gasteiger partial charge in [0, 0.05) is 24.3 Å². The molecule has 0 aromatic carbocycles. The van der Waals surface area contributed by atoms with Crippen LogP contribution in [0.1, 0.15) is 19.8 Å². The van der Waals surface area contributed by atoms with Gasteiger partial charge in [0.1, 0.15) is 0 Å². The maximum atomic E-state index is 11.6. The van der Waals surface area contributed by atoms with E-state index in [1.165, 1.54) is 0 Å². The first-order valence-electron chi connectivity index (χ1n) is 4.88. The molecule has 1 saturated heterocycles. The second kappa shape index (κ2) is 4.94. The lowest BCUT2D eigenvalue weighted by molar-refractivity contribution is 0.0367. The number of hydrogen-bond donors (Lipinski definition) is 0. The van der Waals surface area contributed by atoms with Crippen LogP contribution in [0.3, 0.4) is 0 Å². The zero-order chi connectivity index (χ0) is 10.7. The van der Waals surface area contributed by atoms with E-state index in [-0.39, 0.29) is 11.2 Å². The summed E-state index contributed by atoms with van der Waals surface area (Å²) in [5.74, 6) is 0.535. The largest absolute Gasteiger partial charge is 0.381 e. The van der Waals surface area contributed by atoms with Crippen LogP contribution in [-0.2, 0) is 14.6 Å². The molecule has 0 aromatic heterocycles. The zero-order valence-corrected chi connectivity index (χ0v) is 10.9. The molecule has 0 saturated carbocycles. The summed E-state index contributed by atoms with van der Waals surface area (Å²) in [6.45, 7) is 3.08. The number of sulfone groups is 1. The summed E-state index contributed by atoms with van der Waals surface area (Å²) in [6, 6.07) is 0. The van der Waals surface area contributed by atoms with Crippen molar-refractivity contribution in [3.05, 3.63) is 0 Å². The van der Waals surface area contributed by atoms with E-state index < -0.39 is 9.84 Å². The molecule has 1 fully saturated rings. The average Bonchev–Trinajstić information content (AvgIpc) is 2.19. The Balaban J connectivity index is 2.70. The van der Waals surface area contributed by atoms with Crippen LogP contribution < -0.4 is 0 Å². The van der Waals surface area contributed by atoms with Gasteiger partial charge in [-0.3, -0.25) is 0 Å². The molecule has 1 rings (SSSR count). The van der Waals surface area contributed by atoms with E-state index in [0.29, 0.717) is 19.0 Å². The minimum absolute atomic E-state index is 0.0902. The van der Waals surface area contributed by atoms with Crippen molar-refractivity contribution >= 4 is 25.8 Å². The second-order valence-corrected chi connectivity index (χ2v) is 6.84. The first kappa shape index (κ1) is 12.5.